The number of aliphatic hydroxyl groups is 1. The molecule has 0 radical (unpaired) electrons. The van der Waals surface area contributed by atoms with Crippen molar-refractivity contribution >= 4 is 0 Å². The number of benzene rings is 3. The lowest BCUT2D eigenvalue weighted by atomic mass is 9.89. The van der Waals surface area contributed by atoms with Gasteiger partial charge in [-0.05, 0) is 34.7 Å². The summed E-state index contributed by atoms with van der Waals surface area (Å²) in [4.78, 5) is 0. The Morgan fingerprint density at radius 1 is 0.619 bits per heavy atom. The molecule has 0 aliphatic rings. The van der Waals surface area contributed by atoms with Gasteiger partial charge in [0.1, 0.15) is 0 Å². The van der Waals surface area contributed by atoms with Crippen LogP contribution in [0.4, 0.5) is 0 Å². The molecule has 3 aromatic rings. The Morgan fingerprint density at radius 3 is 1.43 bits per heavy atom. The van der Waals surface area contributed by atoms with E-state index in [0.717, 1.165) is 27.8 Å². The molecule has 21 heavy (non-hydrogen) atoms. The van der Waals surface area contributed by atoms with E-state index in [4.69, 9.17) is 0 Å². The zero-order chi connectivity index (χ0) is 14.7. The molecule has 3 aromatic carbocycles. The van der Waals surface area contributed by atoms with Crippen LogP contribution in [0.25, 0.3) is 22.3 Å². The molecule has 1 nitrogen and oxygen atoms in total. The van der Waals surface area contributed by atoms with E-state index in [-0.39, 0.29) is 0 Å². The van der Waals surface area contributed by atoms with Gasteiger partial charge in [0.25, 0.3) is 0 Å². The van der Waals surface area contributed by atoms with Crippen LogP contribution in [0.15, 0.2) is 78.9 Å². The Hall–Kier alpha value is -2.38. The molecule has 0 amide bonds. The van der Waals surface area contributed by atoms with Gasteiger partial charge >= 0.3 is 0 Å². The molecule has 0 unspecified atom stereocenters. The summed E-state index contributed by atoms with van der Waals surface area (Å²) < 4.78 is 0. The van der Waals surface area contributed by atoms with Gasteiger partial charge in [0.15, 0.2) is 0 Å². The highest BCUT2D eigenvalue weighted by molar-refractivity contribution is 5.79. The van der Waals surface area contributed by atoms with Crippen molar-refractivity contribution in [1.29, 1.82) is 0 Å². The molecule has 0 bridgehead atoms. The second kappa shape index (κ2) is 5.94. The molecule has 0 aromatic heterocycles. The molecule has 1 N–H and O–H groups in total. The van der Waals surface area contributed by atoms with Crippen LogP contribution in [0.1, 0.15) is 18.6 Å². The van der Waals surface area contributed by atoms with E-state index in [1.807, 2.05) is 43.3 Å². The minimum absolute atomic E-state index is 0.517. The quantitative estimate of drug-likeness (QED) is 0.706. The maximum atomic E-state index is 10.3. The third kappa shape index (κ3) is 2.74. The maximum Gasteiger partial charge on any atom is 0.0773 e. The van der Waals surface area contributed by atoms with Gasteiger partial charge in [-0.1, -0.05) is 78.9 Å². The molecule has 0 heterocycles. The Bertz CT molecular complexity index is 658. The molecule has 0 saturated heterocycles. The molecule has 0 fully saturated rings. The summed E-state index contributed by atoms with van der Waals surface area (Å²) >= 11 is 0. The Morgan fingerprint density at radius 2 is 1.05 bits per heavy atom. The number of rotatable bonds is 3. The van der Waals surface area contributed by atoms with E-state index >= 15 is 0 Å². The lowest BCUT2D eigenvalue weighted by Crippen LogP contribution is -1.98. The van der Waals surface area contributed by atoms with Gasteiger partial charge in [-0.3, -0.25) is 0 Å². The molecule has 0 aliphatic carbocycles. The summed E-state index contributed by atoms with van der Waals surface area (Å²) in [6, 6.07) is 26.6. The first kappa shape index (κ1) is 13.6. The van der Waals surface area contributed by atoms with Gasteiger partial charge in [0, 0.05) is 0 Å². The second-order valence-corrected chi connectivity index (χ2v) is 5.17. The fourth-order valence-electron chi connectivity index (χ4n) is 2.75. The lowest BCUT2D eigenvalue weighted by Gasteiger charge is -2.17. The largest absolute Gasteiger partial charge is 0.389 e. The minimum Gasteiger partial charge on any atom is -0.389 e. The molecule has 3 rings (SSSR count). The summed E-state index contributed by atoms with van der Waals surface area (Å²) in [5, 5.41) is 10.3. The van der Waals surface area contributed by atoms with Gasteiger partial charge < -0.3 is 5.11 Å². The van der Waals surface area contributed by atoms with Crippen LogP contribution in [-0.2, 0) is 0 Å². The minimum atomic E-state index is -0.517. The van der Waals surface area contributed by atoms with Crippen molar-refractivity contribution < 1.29 is 5.11 Å². The summed E-state index contributed by atoms with van der Waals surface area (Å²) in [6.07, 6.45) is -0.517. The van der Waals surface area contributed by atoms with Crippen LogP contribution in [-0.4, -0.2) is 5.11 Å². The molecular weight excluding hydrogens is 256 g/mol. The van der Waals surface area contributed by atoms with E-state index in [1.54, 1.807) is 0 Å². The van der Waals surface area contributed by atoms with Crippen molar-refractivity contribution in [2.45, 2.75) is 13.0 Å². The average Bonchev–Trinajstić information content (AvgIpc) is 2.55. The Balaban J connectivity index is 2.24. The topological polar surface area (TPSA) is 20.2 Å². The summed E-state index contributed by atoms with van der Waals surface area (Å²) in [5.41, 5.74) is 5.42. The highest BCUT2D eigenvalue weighted by Gasteiger charge is 2.15. The predicted octanol–water partition coefficient (Wildman–Crippen LogP) is 5.07. The standard InChI is InChI=1S/C20H18O/c1-15(21)20-18(16-9-4-2-5-10-16)13-8-14-19(20)17-11-6-3-7-12-17/h2-15,21H,1H3/t15-/m0/s1. The molecule has 1 heteroatoms. The lowest BCUT2D eigenvalue weighted by molar-refractivity contribution is 0.200. The fourth-order valence-corrected chi connectivity index (χ4v) is 2.75. The van der Waals surface area contributed by atoms with Gasteiger partial charge in [-0.25, -0.2) is 0 Å². The van der Waals surface area contributed by atoms with E-state index in [9.17, 15) is 5.11 Å². The van der Waals surface area contributed by atoms with Crippen molar-refractivity contribution in [3.8, 4) is 22.3 Å². The van der Waals surface area contributed by atoms with Gasteiger partial charge in [0.2, 0.25) is 0 Å². The van der Waals surface area contributed by atoms with Crippen molar-refractivity contribution in [2.24, 2.45) is 0 Å². The molecule has 0 saturated carbocycles. The van der Waals surface area contributed by atoms with E-state index in [2.05, 4.69) is 42.5 Å². The van der Waals surface area contributed by atoms with Crippen LogP contribution in [0, 0.1) is 0 Å². The third-order valence-corrected chi connectivity index (χ3v) is 3.69. The number of aliphatic hydroxyl groups excluding tert-OH is 1. The van der Waals surface area contributed by atoms with Crippen molar-refractivity contribution in [3.05, 3.63) is 84.4 Å². The van der Waals surface area contributed by atoms with E-state index in [0.29, 0.717) is 0 Å². The number of hydrogen-bond donors (Lipinski definition) is 1. The summed E-state index contributed by atoms with van der Waals surface area (Å²) in [5.74, 6) is 0. The zero-order valence-electron chi connectivity index (χ0n) is 12.0. The summed E-state index contributed by atoms with van der Waals surface area (Å²) in [7, 11) is 0. The number of hydrogen-bond acceptors (Lipinski definition) is 1. The van der Waals surface area contributed by atoms with E-state index < -0.39 is 6.10 Å². The first-order valence-corrected chi connectivity index (χ1v) is 7.19. The molecule has 1 atom stereocenters. The molecule has 0 aliphatic heterocycles. The van der Waals surface area contributed by atoms with Crippen LogP contribution >= 0.6 is 0 Å². The summed E-state index contributed by atoms with van der Waals surface area (Å²) in [6.45, 7) is 1.83. The fraction of sp³-hybridized carbons (Fsp3) is 0.100. The second-order valence-electron chi connectivity index (χ2n) is 5.17. The maximum absolute atomic E-state index is 10.3. The smallest absolute Gasteiger partial charge is 0.0773 e. The van der Waals surface area contributed by atoms with Gasteiger partial charge in [-0.15, -0.1) is 0 Å². The SMILES string of the molecule is C[C@H](O)c1c(-c2ccccc2)cccc1-c1ccccc1. The third-order valence-electron chi connectivity index (χ3n) is 3.69. The Kier molecular flexibility index (Phi) is 3.85. The molecular formula is C20H18O. The van der Waals surface area contributed by atoms with Crippen molar-refractivity contribution in [2.75, 3.05) is 0 Å². The van der Waals surface area contributed by atoms with Gasteiger partial charge in [0.05, 0.1) is 6.10 Å². The molecule has 104 valence electrons. The van der Waals surface area contributed by atoms with Crippen LogP contribution in [0.5, 0.6) is 0 Å². The highest BCUT2D eigenvalue weighted by Crippen LogP contribution is 2.36. The van der Waals surface area contributed by atoms with Gasteiger partial charge in [-0.2, -0.15) is 0 Å². The first-order chi connectivity index (χ1) is 10.3. The Labute approximate surface area is 125 Å². The van der Waals surface area contributed by atoms with Crippen LogP contribution in [0.3, 0.4) is 0 Å². The van der Waals surface area contributed by atoms with Crippen molar-refractivity contribution in [3.63, 3.8) is 0 Å². The van der Waals surface area contributed by atoms with E-state index in [1.165, 1.54) is 0 Å². The van der Waals surface area contributed by atoms with Crippen molar-refractivity contribution in [1.82, 2.24) is 0 Å². The first-order valence-electron chi connectivity index (χ1n) is 7.19. The normalized spacial score (nSPS) is 12.1. The average molecular weight is 274 g/mol. The molecule has 0 spiro atoms. The van der Waals surface area contributed by atoms with Crippen LogP contribution < -0.4 is 0 Å². The zero-order valence-corrected chi connectivity index (χ0v) is 12.0. The van der Waals surface area contributed by atoms with Crippen LogP contribution in [0.2, 0.25) is 0 Å². The predicted molar refractivity (Wildman–Crippen MR) is 87.9 cm³/mol. The highest BCUT2D eigenvalue weighted by atomic mass is 16.3. The monoisotopic (exact) mass is 274 g/mol.